The van der Waals surface area contributed by atoms with Gasteiger partial charge in [0.15, 0.2) is 16.6 Å². The predicted octanol–water partition coefficient (Wildman–Crippen LogP) is 1.66. The summed E-state index contributed by atoms with van der Waals surface area (Å²) in [5.41, 5.74) is -5.22. The van der Waals surface area contributed by atoms with E-state index in [2.05, 4.69) is 0 Å². The monoisotopic (exact) mass is 307 g/mol. The van der Waals surface area contributed by atoms with Gasteiger partial charge in [0, 0.05) is 12.3 Å². The Hall–Kier alpha value is 0.0938. The van der Waals surface area contributed by atoms with Gasteiger partial charge in [-0.15, -0.1) is 0 Å². The van der Waals surface area contributed by atoms with E-state index in [1.807, 2.05) is 0 Å². The molecular formula is C7H16F3NO3SSi2. The van der Waals surface area contributed by atoms with Crippen LogP contribution in [-0.4, -0.2) is 47.2 Å². The number of halogens is 3. The van der Waals surface area contributed by atoms with Crippen LogP contribution >= 0.6 is 0 Å². The lowest BCUT2D eigenvalue weighted by Gasteiger charge is -2.44. The zero-order chi connectivity index (χ0) is 13.7. The Labute approximate surface area is 101 Å². The molecule has 10 heteroatoms. The van der Waals surface area contributed by atoms with Gasteiger partial charge < -0.3 is 4.12 Å². The summed E-state index contributed by atoms with van der Waals surface area (Å²) in [5, 5.41) is 0. The van der Waals surface area contributed by atoms with Crippen LogP contribution in [0.4, 0.5) is 13.2 Å². The molecule has 0 radical (unpaired) electrons. The van der Waals surface area contributed by atoms with Crippen molar-refractivity contribution in [2.75, 3.05) is 12.3 Å². The zero-order valence-corrected chi connectivity index (χ0v) is 12.9. The van der Waals surface area contributed by atoms with Gasteiger partial charge in [-0.05, 0) is 26.2 Å². The molecule has 0 aliphatic carbocycles. The Morgan fingerprint density at radius 2 is 1.41 bits per heavy atom. The second kappa shape index (κ2) is 4.05. The van der Waals surface area contributed by atoms with E-state index >= 15 is 0 Å². The molecule has 17 heavy (non-hydrogen) atoms. The molecule has 0 N–H and O–H groups in total. The Kier molecular flexibility index (Phi) is 3.61. The second-order valence-corrected chi connectivity index (χ2v) is 15.8. The highest BCUT2D eigenvalue weighted by Crippen LogP contribution is 2.32. The Bertz CT molecular complexity index is 391. The van der Waals surface area contributed by atoms with Crippen LogP contribution in [0.5, 0.6) is 0 Å². The van der Waals surface area contributed by atoms with E-state index in [-0.39, 0.29) is 12.3 Å². The van der Waals surface area contributed by atoms with Gasteiger partial charge in [0.25, 0.3) is 0 Å². The predicted molar refractivity (Wildman–Crippen MR) is 62.6 cm³/mol. The molecule has 1 aliphatic rings. The van der Waals surface area contributed by atoms with E-state index < -0.39 is 32.2 Å². The first-order valence-corrected chi connectivity index (χ1v) is 12.7. The number of hydrogen-bond acceptors (Lipinski definition) is 3. The molecule has 0 aromatic rings. The van der Waals surface area contributed by atoms with Gasteiger partial charge in [-0.3, -0.25) is 0 Å². The lowest BCUT2D eigenvalue weighted by Crippen LogP contribution is -2.65. The van der Waals surface area contributed by atoms with Gasteiger partial charge in [0.1, 0.15) is 0 Å². The fourth-order valence-electron chi connectivity index (χ4n) is 2.03. The first-order valence-electron chi connectivity index (χ1n) is 5.03. The summed E-state index contributed by atoms with van der Waals surface area (Å²) in [6.07, 6.45) is -0.267. The van der Waals surface area contributed by atoms with E-state index in [9.17, 15) is 21.6 Å². The third-order valence-corrected chi connectivity index (χ3v) is 11.0. The van der Waals surface area contributed by atoms with Crippen molar-refractivity contribution in [3.63, 3.8) is 0 Å². The van der Waals surface area contributed by atoms with Gasteiger partial charge in [-0.25, -0.2) is 8.42 Å². The number of nitrogens with zero attached hydrogens (tertiary/aromatic N) is 1. The highest BCUT2D eigenvalue weighted by molar-refractivity contribution is 7.90. The lowest BCUT2D eigenvalue weighted by molar-refractivity contribution is -0.0483. The quantitative estimate of drug-likeness (QED) is 0.692. The van der Waals surface area contributed by atoms with Gasteiger partial charge in [-0.2, -0.15) is 17.5 Å². The molecule has 0 unspecified atom stereocenters. The number of sulfonamides is 1. The van der Waals surface area contributed by atoms with E-state index in [1.54, 1.807) is 26.2 Å². The first kappa shape index (κ1) is 15.2. The molecule has 0 saturated carbocycles. The van der Waals surface area contributed by atoms with Crippen molar-refractivity contribution in [2.24, 2.45) is 0 Å². The largest absolute Gasteiger partial charge is 0.511 e. The van der Waals surface area contributed by atoms with Crippen LogP contribution in [-0.2, 0) is 14.1 Å². The molecule has 0 atom stereocenters. The van der Waals surface area contributed by atoms with Gasteiger partial charge in [-0.1, -0.05) is 0 Å². The van der Waals surface area contributed by atoms with Crippen molar-refractivity contribution in [1.82, 2.24) is 4.31 Å². The van der Waals surface area contributed by atoms with Gasteiger partial charge >= 0.3 is 15.5 Å². The minimum absolute atomic E-state index is 0.134. The van der Waals surface area contributed by atoms with Crippen LogP contribution in [0, 0.1) is 0 Å². The topological polar surface area (TPSA) is 46.6 Å². The van der Waals surface area contributed by atoms with Crippen LogP contribution in [0.2, 0.25) is 26.2 Å². The normalized spacial score (nSPS) is 25.8. The lowest BCUT2D eigenvalue weighted by atomic mass is 11.2. The molecule has 1 rings (SSSR count). The molecule has 0 spiro atoms. The summed E-state index contributed by atoms with van der Waals surface area (Å²) >= 11 is 0. The maximum atomic E-state index is 12.5. The van der Waals surface area contributed by atoms with Crippen molar-refractivity contribution in [1.29, 1.82) is 0 Å². The molecule has 102 valence electrons. The highest BCUT2D eigenvalue weighted by Gasteiger charge is 2.55. The second-order valence-electron chi connectivity index (χ2n) is 5.34. The van der Waals surface area contributed by atoms with Crippen LogP contribution in [0.1, 0.15) is 0 Å². The van der Waals surface area contributed by atoms with Crippen LogP contribution < -0.4 is 0 Å². The summed E-state index contributed by atoms with van der Waals surface area (Å²) in [7, 11) is -9.96. The highest BCUT2D eigenvalue weighted by atomic mass is 32.2. The molecule has 4 nitrogen and oxygen atoms in total. The van der Waals surface area contributed by atoms with Crippen LogP contribution in [0.25, 0.3) is 0 Å². The molecule has 1 aliphatic heterocycles. The summed E-state index contributed by atoms with van der Waals surface area (Å²) in [6, 6.07) is 0. The zero-order valence-electron chi connectivity index (χ0n) is 10.1. The standard InChI is InChI=1S/C7H16F3NO3SSi2/c1-16(2)5-11(6-17(3,4)14-16)15(12,13)7(8,9)10/h5-6H2,1-4H3. The average molecular weight is 307 g/mol. The number of alkyl halides is 3. The number of rotatable bonds is 1. The number of hydrogen-bond donors (Lipinski definition) is 0. The van der Waals surface area contributed by atoms with Crippen molar-refractivity contribution in [2.45, 2.75) is 31.7 Å². The van der Waals surface area contributed by atoms with Gasteiger partial charge in [0.05, 0.1) is 0 Å². The molecule has 1 heterocycles. The van der Waals surface area contributed by atoms with E-state index in [1.165, 1.54) is 0 Å². The van der Waals surface area contributed by atoms with Crippen molar-refractivity contribution in [3.8, 4) is 0 Å². The molecular weight excluding hydrogens is 291 g/mol. The Morgan fingerprint density at radius 1 is 1.06 bits per heavy atom. The Balaban J connectivity index is 3.09. The summed E-state index contributed by atoms with van der Waals surface area (Å²) in [5.74, 6) is 0. The minimum Gasteiger partial charge on any atom is -0.454 e. The fourth-order valence-corrected chi connectivity index (χ4v) is 14.2. The molecule has 0 amide bonds. The summed E-state index contributed by atoms with van der Waals surface area (Å²) in [6.45, 7) is 6.94. The molecule has 0 bridgehead atoms. The molecule has 1 saturated heterocycles. The molecule has 0 aromatic heterocycles. The van der Waals surface area contributed by atoms with Crippen LogP contribution in [0.15, 0.2) is 0 Å². The van der Waals surface area contributed by atoms with Gasteiger partial charge in [0.2, 0.25) is 0 Å². The average Bonchev–Trinajstić information content (AvgIpc) is 1.95. The smallest absolute Gasteiger partial charge is 0.454 e. The van der Waals surface area contributed by atoms with E-state index in [0.29, 0.717) is 4.31 Å². The Morgan fingerprint density at radius 3 is 1.71 bits per heavy atom. The third-order valence-electron chi connectivity index (χ3n) is 2.30. The van der Waals surface area contributed by atoms with Crippen LogP contribution in [0.3, 0.4) is 0 Å². The van der Waals surface area contributed by atoms with Crippen molar-refractivity contribution >= 4 is 26.7 Å². The third kappa shape index (κ3) is 3.31. The van der Waals surface area contributed by atoms with Crippen molar-refractivity contribution in [3.05, 3.63) is 0 Å². The fraction of sp³-hybridized carbons (Fsp3) is 1.00. The van der Waals surface area contributed by atoms with E-state index in [0.717, 1.165) is 0 Å². The molecule has 0 aromatic carbocycles. The van der Waals surface area contributed by atoms with Crippen molar-refractivity contribution < 1.29 is 25.7 Å². The van der Waals surface area contributed by atoms with E-state index in [4.69, 9.17) is 4.12 Å². The maximum absolute atomic E-state index is 12.5. The molecule has 1 fully saturated rings. The summed E-state index contributed by atoms with van der Waals surface area (Å²) in [4.78, 5) is 0. The maximum Gasteiger partial charge on any atom is 0.511 e. The minimum atomic E-state index is -5.22. The SMILES string of the molecule is C[Si]1(C)CN(S(=O)(=O)C(F)(F)F)C[Si](C)(C)O1. The first-order chi connectivity index (χ1) is 7.27. The summed E-state index contributed by atoms with van der Waals surface area (Å²) < 4.78 is 66.6.